The largest absolute Gasteiger partial charge is 0.756 e. The van der Waals surface area contributed by atoms with Gasteiger partial charge in [0.2, 0.25) is 0 Å². The second-order valence-corrected chi connectivity index (χ2v) is 17.8. The average molecular weight is 810 g/mol. The summed E-state index contributed by atoms with van der Waals surface area (Å²) in [5, 5.41) is 0. The third kappa shape index (κ3) is 43.6. The fourth-order valence-corrected chi connectivity index (χ4v) is 6.75. The van der Waals surface area contributed by atoms with Crippen LogP contribution in [-0.4, -0.2) is 70.7 Å². The van der Waals surface area contributed by atoms with E-state index < -0.39 is 13.9 Å². The minimum Gasteiger partial charge on any atom is -0.756 e. The van der Waals surface area contributed by atoms with Gasteiger partial charge < -0.3 is 27.9 Å². The molecule has 0 heterocycles. The highest BCUT2D eigenvalue weighted by atomic mass is 31.2. The summed E-state index contributed by atoms with van der Waals surface area (Å²) in [7, 11) is 1.34. The second kappa shape index (κ2) is 40.2. The minimum atomic E-state index is -4.53. The van der Waals surface area contributed by atoms with Gasteiger partial charge in [0.1, 0.15) is 19.3 Å². The van der Waals surface area contributed by atoms with E-state index in [0.717, 1.165) is 57.8 Å². The molecule has 0 aromatic rings. The second-order valence-electron chi connectivity index (χ2n) is 16.4. The van der Waals surface area contributed by atoms with Crippen molar-refractivity contribution in [3.63, 3.8) is 0 Å². The highest BCUT2D eigenvalue weighted by Gasteiger charge is 2.20. The number of ether oxygens (including phenoxy) is 2. The summed E-state index contributed by atoms with van der Waals surface area (Å²) in [6.07, 6.45) is 48.4. The number of quaternary nitrogens is 1. The highest BCUT2D eigenvalue weighted by Crippen LogP contribution is 2.38. The molecule has 2 unspecified atom stereocenters. The Morgan fingerprint density at radius 3 is 1.55 bits per heavy atom. The maximum atomic E-state index is 12.7. The molecule has 0 saturated carbocycles. The SMILES string of the molecule is CCC/C=C\CCCCCCCCOCC(COP(=O)([O-])OCC[N+](C)(C)C)OC(=O)CCCCCCCCCC/C=C\C/C=C\C/C=C\CCCCCCC. The average Bonchev–Trinajstić information content (AvgIpc) is 3.15. The van der Waals surface area contributed by atoms with Gasteiger partial charge in [0.15, 0.2) is 0 Å². The predicted octanol–water partition coefficient (Wildman–Crippen LogP) is 12.9. The van der Waals surface area contributed by atoms with E-state index in [0.29, 0.717) is 24.1 Å². The Bertz CT molecular complexity index is 1040. The van der Waals surface area contributed by atoms with E-state index >= 15 is 0 Å². The molecular weight excluding hydrogens is 721 g/mol. The fraction of sp³-hybridized carbons (Fsp3) is 0.809. The molecule has 9 heteroatoms. The number of allylic oxidation sites excluding steroid dienone is 8. The van der Waals surface area contributed by atoms with Crippen LogP contribution in [0.5, 0.6) is 0 Å². The van der Waals surface area contributed by atoms with Crippen LogP contribution in [0.25, 0.3) is 0 Å². The highest BCUT2D eigenvalue weighted by molar-refractivity contribution is 7.45. The first-order valence-corrected chi connectivity index (χ1v) is 24.3. The van der Waals surface area contributed by atoms with Crippen molar-refractivity contribution in [1.29, 1.82) is 0 Å². The van der Waals surface area contributed by atoms with Crippen LogP contribution in [0.1, 0.15) is 187 Å². The molecule has 0 bridgehead atoms. The van der Waals surface area contributed by atoms with Crippen molar-refractivity contribution in [2.45, 2.75) is 193 Å². The van der Waals surface area contributed by atoms with E-state index in [2.05, 4.69) is 62.5 Å². The summed E-state index contributed by atoms with van der Waals surface area (Å²) in [4.78, 5) is 25.0. The molecule has 0 aliphatic heterocycles. The zero-order chi connectivity index (χ0) is 41.3. The lowest BCUT2D eigenvalue weighted by Crippen LogP contribution is -2.37. The molecule has 0 aliphatic carbocycles. The molecule has 0 fully saturated rings. The number of carbonyl (C=O) groups is 1. The smallest absolute Gasteiger partial charge is 0.306 e. The molecule has 0 aromatic heterocycles. The van der Waals surface area contributed by atoms with Crippen molar-refractivity contribution < 1.29 is 37.3 Å². The van der Waals surface area contributed by atoms with Gasteiger partial charge in [0.05, 0.1) is 34.4 Å². The monoisotopic (exact) mass is 810 g/mol. The lowest BCUT2D eigenvalue weighted by molar-refractivity contribution is -0.870. The summed E-state index contributed by atoms with van der Waals surface area (Å²) in [5.41, 5.74) is 0. The first-order valence-electron chi connectivity index (χ1n) is 22.9. The maximum absolute atomic E-state index is 12.7. The minimum absolute atomic E-state index is 0.0219. The van der Waals surface area contributed by atoms with Gasteiger partial charge in [-0.05, 0) is 70.6 Å². The molecule has 8 nitrogen and oxygen atoms in total. The Morgan fingerprint density at radius 2 is 1.02 bits per heavy atom. The number of rotatable bonds is 42. The van der Waals surface area contributed by atoms with Gasteiger partial charge in [0, 0.05) is 13.0 Å². The number of phosphoric acid groups is 1. The third-order valence-corrected chi connectivity index (χ3v) is 10.5. The van der Waals surface area contributed by atoms with Crippen LogP contribution in [0.4, 0.5) is 0 Å². The van der Waals surface area contributed by atoms with Crippen LogP contribution in [0.15, 0.2) is 48.6 Å². The third-order valence-electron chi connectivity index (χ3n) is 9.58. The van der Waals surface area contributed by atoms with Gasteiger partial charge in [-0.2, -0.15) is 0 Å². The van der Waals surface area contributed by atoms with Crippen molar-refractivity contribution in [3.8, 4) is 0 Å². The van der Waals surface area contributed by atoms with Gasteiger partial charge in [-0.15, -0.1) is 0 Å². The van der Waals surface area contributed by atoms with Crippen molar-refractivity contribution in [1.82, 2.24) is 0 Å². The lowest BCUT2D eigenvalue weighted by atomic mass is 10.1. The Hall–Kier alpha value is -1.54. The summed E-state index contributed by atoms with van der Waals surface area (Å²) in [6.45, 7) is 5.32. The van der Waals surface area contributed by atoms with E-state index in [1.54, 1.807) is 0 Å². The fourth-order valence-electron chi connectivity index (χ4n) is 6.03. The van der Waals surface area contributed by atoms with E-state index in [-0.39, 0.29) is 25.8 Å². The summed E-state index contributed by atoms with van der Waals surface area (Å²) in [5.74, 6) is -0.345. The predicted molar refractivity (Wildman–Crippen MR) is 236 cm³/mol. The van der Waals surface area contributed by atoms with E-state index in [9.17, 15) is 14.3 Å². The summed E-state index contributed by atoms with van der Waals surface area (Å²) in [6, 6.07) is 0. The van der Waals surface area contributed by atoms with Crippen LogP contribution >= 0.6 is 7.82 Å². The van der Waals surface area contributed by atoms with Crippen LogP contribution in [0, 0.1) is 0 Å². The normalized spacial score (nSPS) is 14.2. The van der Waals surface area contributed by atoms with Crippen LogP contribution in [0.2, 0.25) is 0 Å². The van der Waals surface area contributed by atoms with Gasteiger partial charge >= 0.3 is 5.97 Å². The molecule has 0 N–H and O–H groups in total. The van der Waals surface area contributed by atoms with Gasteiger partial charge in [-0.3, -0.25) is 9.36 Å². The quantitative estimate of drug-likeness (QED) is 0.0199. The van der Waals surface area contributed by atoms with Gasteiger partial charge in [0.25, 0.3) is 7.82 Å². The number of esters is 1. The Kier molecular flexibility index (Phi) is 39.1. The van der Waals surface area contributed by atoms with Crippen LogP contribution < -0.4 is 4.89 Å². The zero-order valence-electron chi connectivity index (χ0n) is 37.1. The first kappa shape index (κ1) is 54.5. The molecule has 2 atom stereocenters. The van der Waals surface area contributed by atoms with E-state index in [4.69, 9.17) is 18.5 Å². The van der Waals surface area contributed by atoms with Crippen molar-refractivity contribution >= 4 is 13.8 Å². The number of hydrogen-bond donors (Lipinski definition) is 0. The lowest BCUT2D eigenvalue weighted by Gasteiger charge is -2.28. The molecule has 0 saturated heterocycles. The number of nitrogens with zero attached hydrogens (tertiary/aromatic N) is 1. The molecule has 0 spiro atoms. The van der Waals surface area contributed by atoms with Crippen molar-refractivity contribution in [2.24, 2.45) is 0 Å². The molecule has 0 radical (unpaired) electrons. The first-order chi connectivity index (χ1) is 27.1. The van der Waals surface area contributed by atoms with Crippen molar-refractivity contribution in [2.75, 3.05) is 54.1 Å². The van der Waals surface area contributed by atoms with Crippen LogP contribution in [0.3, 0.4) is 0 Å². The number of phosphoric ester groups is 1. The topological polar surface area (TPSA) is 94.1 Å². The molecule has 0 aromatic carbocycles. The molecule has 56 heavy (non-hydrogen) atoms. The number of hydrogen-bond acceptors (Lipinski definition) is 7. The maximum Gasteiger partial charge on any atom is 0.306 e. The van der Waals surface area contributed by atoms with E-state index in [1.807, 2.05) is 21.1 Å². The molecule has 328 valence electrons. The molecule has 0 aliphatic rings. The number of carbonyl (C=O) groups excluding carboxylic acids is 1. The van der Waals surface area contributed by atoms with Crippen molar-refractivity contribution in [3.05, 3.63) is 48.6 Å². The van der Waals surface area contributed by atoms with Gasteiger partial charge in [-0.1, -0.05) is 159 Å². The summed E-state index contributed by atoms with van der Waals surface area (Å²) < 4.78 is 34.5. The standard InChI is InChI=1S/C47H88NO7P/c1-6-8-10-12-14-16-18-19-20-21-22-23-24-25-26-27-28-29-30-32-34-36-38-40-47(49)55-46(45-54-56(50,51)53-43-41-48(3,4)5)44-52-42-39-37-35-33-31-17-15-13-11-9-7-2/h11,13,18-19,21-22,24-25,46H,6-10,12,14-17,20,23,26-45H2,1-5H3/b13-11-,19-18-,22-21-,25-24-. The van der Waals surface area contributed by atoms with Crippen LogP contribution in [-0.2, 0) is 27.9 Å². The molecular formula is C47H88NO7P. The Morgan fingerprint density at radius 1 is 0.554 bits per heavy atom. The van der Waals surface area contributed by atoms with E-state index in [1.165, 1.54) is 109 Å². The Balaban J connectivity index is 4.16. The van der Waals surface area contributed by atoms with Gasteiger partial charge in [-0.25, -0.2) is 0 Å². The molecule has 0 amide bonds. The molecule has 0 rings (SSSR count). The summed E-state index contributed by atoms with van der Waals surface area (Å²) >= 11 is 0. The Labute approximate surface area is 346 Å². The number of unbranched alkanes of at least 4 members (excludes halogenated alkanes) is 20. The number of likely N-dealkylation sites (N-methyl/N-ethyl adjacent to an activating group) is 1. The zero-order valence-corrected chi connectivity index (χ0v) is 38.0.